The number of carbonyl (C=O) groups is 1. The number of anilines is 1. The summed E-state index contributed by atoms with van der Waals surface area (Å²) in [6.07, 6.45) is 0.0710. The standard InChI is InChI=1S/C9H7ClN2O4/c10-5-1-2-6-4(8(5)12(15)16)3-7(11-6)9(13)14/h1-2,7,11H,3H2,(H,13,14). The average Bonchev–Trinajstić information content (AvgIpc) is 2.60. The van der Waals surface area contributed by atoms with Gasteiger partial charge in [0.1, 0.15) is 11.1 Å². The van der Waals surface area contributed by atoms with Crippen molar-refractivity contribution >= 4 is 28.9 Å². The van der Waals surface area contributed by atoms with Crippen LogP contribution in [0, 0.1) is 10.1 Å². The molecule has 1 unspecified atom stereocenters. The number of hydrogen-bond donors (Lipinski definition) is 2. The minimum absolute atomic E-state index is 0.0246. The van der Waals surface area contributed by atoms with Crippen molar-refractivity contribution in [3.05, 3.63) is 32.8 Å². The molecule has 6 nitrogen and oxygen atoms in total. The Morgan fingerprint density at radius 1 is 1.62 bits per heavy atom. The monoisotopic (exact) mass is 242 g/mol. The number of nitro benzene ring substituents is 1. The molecule has 0 saturated carbocycles. The number of hydrogen-bond acceptors (Lipinski definition) is 4. The zero-order valence-corrected chi connectivity index (χ0v) is 8.69. The highest BCUT2D eigenvalue weighted by molar-refractivity contribution is 6.33. The second-order valence-electron chi connectivity index (χ2n) is 3.42. The highest BCUT2D eigenvalue weighted by atomic mass is 35.5. The number of aliphatic carboxylic acids is 1. The van der Waals surface area contributed by atoms with Gasteiger partial charge in [0.15, 0.2) is 0 Å². The predicted octanol–water partition coefficient (Wildman–Crippen LogP) is 1.67. The summed E-state index contributed by atoms with van der Waals surface area (Å²) in [6, 6.07) is 2.11. The maximum Gasteiger partial charge on any atom is 0.326 e. The maximum absolute atomic E-state index is 10.8. The van der Waals surface area contributed by atoms with Crippen LogP contribution in [0.15, 0.2) is 12.1 Å². The van der Waals surface area contributed by atoms with E-state index in [1.54, 1.807) is 6.07 Å². The second-order valence-corrected chi connectivity index (χ2v) is 3.83. The zero-order valence-electron chi connectivity index (χ0n) is 7.94. The summed E-state index contributed by atoms with van der Waals surface area (Å²) >= 11 is 5.71. The number of carboxylic acids is 1. The fraction of sp³-hybridized carbons (Fsp3) is 0.222. The number of halogens is 1. The minimum Gasteiger partial charge on any atom is -0.480 e. The number of fused-ring (bicyclic) bond motifs is 1. The lowest BCUT2D eigenvalue weighted by Gasteiger charge is -2.03. The van der Waals surface area contributed by atoms with Gasteiger partial charge in [0, 0.05) is 12.1 Å². The first-order valence-electron chi connectivity index (χ1n) is 4.46. The molecule has 0 saturated heterocycles. The topological polar surface area (TPSA) is 92.5 Å². The van der Waals surface area contributed by atoms with Gasteiger partial charge in [-0.1, -0.05) is 11.6 Å². The Bertz CT molecular complexity index is 489. The van der Waals surface area contributed by atoms with Crippen LogP contribution in [0.4, 0.5) is 11.4 Å². The van der Waals surface area contributed by atoms with Crippen LogP contribution in [0.1, 0.15) is 5.56 Å². The van der Waals surface area contributed by atoms with Crippen molar-refractivity contribution in [1.29, 1.82) is 0 Å². The van der Waals surface area contributed by atoms with E-state index < -0.39 is 16.9 Å². The fourth-order valence-electron chi connectivity index (χ4n) is 1.74. The first kappa shape index (κ1) is 10.7. The Balaban J connectivity index is 2.49. The third-order valence-corrected chi connectivity index (χ3v) is 2.76. The molecule has 0 amide bonds. The smallest absolute Gasteiger partial charge is 0.326 e. The van der Waals surface area contributed by atoms with Crippen LogP contribution in [-0.4, -0.2) is 22.0 Å². The highest BCUT2D eigenvalue weighted by Gasteiger charge is 2.33. The lowest BCUT2D eigenvalue weighted by Crippen LogP contribution is -2.26. The summed E-state index contributed by atoms with van der Waals surface area (Å²) in [5, 5.41) is 22.3. The SMILES string of the molecule is O=C(O)C1Cc2c(ccc(Cl)c2[N+](=O)[O-])N1. The van der Waals surface area contributed by atoms with Gasteiger partial charge in [-0.25, -0.2) is 4.79 Å². The summed E-state index contributed by atoms with van der Waals surface area (Å²) in [6.45, 7) is 0. The fourth-order valence-corrected chi connectivity index (χ4v) is 1.98. The number of benzene rings is 1. The van der Waals surface area contributed by atoms with Crippen molar-refractivity contribution in [3.63, 3.8) is 0 Å². The first-order valence-corrected chi connectivity index (χ1v) is 4.83. The van der Waals surface area contributed by atoms with E-state index in [1.807, 2.05) is 0 Å². The second kappa shape index (κ2) is 3.64. The van der Waals surface area contributed by atoms with Crippen LogP contribution >= 0.6 is 11.6 Å². The van der Waals surface area contributed by atoms with Crippen LogP contribution in [0.5, 0.6) is 0 Å². The lowest BCUT2D eigenvalue weighted by molar-refractivity contribution is -0.385. The molecule has 84 valence electrons. The normalized spacial score (nSPS) is 17.7. The molecule has 0 fully saturated rings. The molecule has 2 rings (SSSR count). The number of carboxylic acid groups (broad SMARTS) is 1. The van der Waals surface area contributed by atoms with Crippen molar-refractivity contribution in [2.45, 2.75) is 12.5 Å². The molecule has 7 heteroatoms. The van der Waals surface area contributed by atoms with E-state index in [0.717, 1.165) is 0 Å². The summed E-state index contributed by atoms with van der Waals surface area (Å²) < 4.78 is 0. The molecule has 1 atom stereocenters. The van der Waals surface area contributed by atoms with Crippen LogP contribution in [0.25, 0.3) is 0 Å². The van der Waals surface area contributed by atoms with E-state index in [0.29, 0.717) is 11.3 Å². The van der Waals surface area contributed by atoms with Crippen LogP contribution in [0.2, 0.25) is 5.02 Å². The Labute approximate surface area is 95.0 Å². The minimum atomic E-state index is -1.04. The van der Waals surface area contributed by atoms with Gasteiger partial charge < -0.3 is 10.4 Å². The van der Waals surface area contributed by atoms with Gasteiger partial charge in [-0.05, 0) is 12.1 Å². The molecule has 1 heterocycles. The zero-order chi connectivity index (χ0) is 11.9. The van der Waals surface area contributed by atoms with E-state index in [9.17, 15) is 14.9 Å². The molecular formula is C9H7ClN2O4. The third-order valence-electron chi connectivity index (χ3n) is 2.45. The molecule has 1 aliphatic heterocycles. The Hall–Kier alpha value is -1.82. The molecule has 16 heavy (non-hydrogen) atoms. The van der Waals surface area contributed by atoms with Crippen molar-refractivity contribution in [2.24, 2.45) is 0 Å². The van der Waals surface area contributed by atoms with Gasteiger partial charge in [-0.2, -0.15) is 0 Å². The molecule has 1 aromatic rings. The number of rotatable bonds is 2. The van der Waals surface area contributed by atoms with Crippen molar-refractivity contribution < 1.29 is 14.8 Å². The number of nitro groups is 1. The van der Waals surface area contributed by atoms with Crippen LogP contribution in [-0.2, 0) is 11.2 Å². The van der Waals surface area contributed by atoms with Crippen LogP contribution < -0.4 is 5.32 Å². The highest BCUT2D eigenvalue weighted by Crippen LogP contribution is 2.38. The van der Waals surface area contributed by atoms with Crippen molar-refractivity contribution in [1.82, 2.24) is 0 Å². The molecule has 2 N–H and O–H groups in total. The summed E-state index contributed by atoms with van der Waals surface area (Å²) in [5.41, 5.74) is 0.601. The predicted molar refractivity (Wildman–Crippen MR) is 56.9 cm³/mol. The molecule has 0 aromatic heterocycles. The van der Waals surface area contributed by atoms with E-state index in [1.165, 1.54) is 6.07 Å². The number of nitrogens with one attached hydrogen (secondary N) is 1. The van der Waals surface area contributed by atoms with Crippen molar-refractivity contribution in [2.75, 3.05) is 5.32 Å². The molecule has 0 aliphatic carbocycles. The largest absolute Gasteiger partial charge is 0.480 e. The lowest BCUT2D eigenvalue weighted by atomic mass is 10.1. The van der Waals surface area contributed by atoms with Gasteiger partial charge in [-0.15, -0.1) is 0 Å². The van der Waals surface area contributed by atoms with E-state index in [-0.39, 0.29) is 17.1 Å². The molecule has 0 spiro atoms. The summed E-state index contributed by atoms with van der Waals surface area (Å²) in [5.74, 6) is -1.04. The summed E-state index contributed by atoms with van der Waals surface area (Å²) in [7, 11) is 0. The van der Waals surface area contributed by atoms with E-state index >= 15 is 0 Å². The van der Waals surface area contributed by atoms with Crippen LogP contribution in [0.3, 0.4) is 0 Å². The molecule has 0 bridgehead atoms. The third kappa shape index (κ3) is 1.57. The van der Waals surface area contributed by atoms with Gasteiger partial charge >= 0.3 is 5.97 Å². The van der Waals surface area contributed by atoms with Gasteiger partial charge in [0.2, 0.25) is 0 Å². The maximum atomic E-state index is 10.8. The average molecular weight is 243 g/mol. The van der Waals surface area contributed by atoms with Gasteiger partial charge in [-0.3, -0.25) is 10.1 Å². The van der Waals surface area contributed by atoms with E-state index in [4.69, 9.17) is 16.7 Å². The van der Waals surface area contributed by atoms with Crippen molar-refractivity contribution in [3.8, 4) is 0 Å². The molecule has 0 radical (unpaired) electrons. The van der Waals surface area contributed by atoms with E-state index in [2.05, 4.69) is 5.32 Å². The Kier molecular flexibility index (Phi) is 2.43. The summed E-state index contributed by atoms with van der Waals surface area (Å²) in [4.78, 5) is 21.0. The Morgan fingerprint density at radius 3 is 2.88 bits per heavy atom. The first-order chi connectivity index (χ1) is 7.50. The van der Waals surface area contributed by atoms with Gasteiger partial charge in [0.25, 0.3) is 5.69 Å². The molecular weight excluding hydrogens is 236 g/mol. The quantitative estimate of drug-likeness (QED) is 0.608. The molecule has 1 aliphatic rings. The molecule has 1 aromatic carbocycles. The Morgan fingerprint density at radius 2 is 2.31 bits per heavy atom. The van der Waals surface area contributed by atoms with Gasteiger partial charge in [0.05, 0.1) is 10.5 Å². The number of nitrogens with zero attached hydrogens (tertiary/aromatic N) is 1.